The molecular weight excluding hydrogens is 196 g/mol. The minimum atomic E-state index is -1.25. The van der Waals surface area contributed by atoms with Crippen molar-refractivity contribution in [2.24, 2.45) is 0 Å². The first kappa shape index (κ1) is 10.2. The highest BCUT2D eigenvalue weighted by Gasteiger charge is 2.17. The molecule has 0 aliphatic carbocycles. The van der Waals surface area contributed by atoms with Gasteiger partial charge in [-0.3, -0.25) is 0 Å². The Balaban J connectivity index is 1.94. The fourth-order valence-electron chi connectivity index (χ4n) is 1.89. The number of furan rings is 1. The molecule has 0 bridgehead atoms. The van der Waals surface area contributed by atoms with Crippen molar-refractivity contribution < 1.29 is 24.5 Å². The average molecular weight is 211 g/mol. The molecular formula is C10H15N2O3+. The number of nitrogens with two attached hydrogens (primary N) is 1. The van der Waals surface area contributed by atoms with Crippen LogP contribution in [0, 0.1) is 0 Å². The lowest BCUT2D eigenvalue weighted by atomic mass is 10.3. The molecule has 0 spiro atoms. The van der Waals surface area contributed by atoms with Gasteiger partial charge in [0.15, 0.2) is 5.76 Å². The third-order valence-electron chi connectivity index (χ3n) is 2.69. The van der Waals surface area contributed by atoms with Gasteiger partial charge in [0.2, 0.25) is 0 Å². The molecule has 0 unspecified atom stereocenters. The lowest BCUT2D eigenvalue weighted by Gasteiger charge is -2.20. The summed E-state index contributed by atoms with van der Waals surface area (Å²) in [5.74, 6) is -0.595. The fraction of sp³-hybridized carbons (Fsp3) is 0.500. The van der Waals surface area contributed by atoms with Gasteiger partial charge < -0.3 is 24.5 Å². The van der Waals surface area contributed by atoms with Crippen LogP contribution in [0.1, 0.15) is 16.3 Å². The van der Waals surface area contributed by atoms with Crippen molar-refractivity contribution in [3.05, 3.63) is 23.7 Å². The maximum absolute atomic E-state index is 10.5. The van der Waals surface area contributed by atoms with Crippen LogP contribution in [-0.2, 0) is 6.54 Å². The summed E-state index contributed by atoms with van der Waals surface area (Å²) >= 11 is 0. The summed E-state index contributed by atoms with van der Waals surface area (Å²) in [5.41, 5.74) is 0. The topological polar surface area (TPSA) is 74.3 Å². The number of quaternary nitrogens is 2. The lowest BCUT2D eigenvalue weighted by Crippen LogP contribution is -3.19. The van der Waals surface area contributed by atoms with E-state index in [1.54, 1.807) is 6.07 Å². The van der Waals surface area contributed by atoms with Crippen LogP contribution in [0.15, 0.2) is 16.5 Å². The van der Waals surface area contributed by atoms with Crippen LogP contribution >= 0.6 is 0 Å². The molecule has 1 aliphatic rings. The van der Waals surface area contributed by atoms with E-state index in [4.69, 9.17) is 4.42 Å². The first-order chi connectivity index (χ1) is 7.25. The summed E-state index contributed by atoms with van der Waals surface area (Å²) < 4.78 is 5.15. The molecule has 5 nitrogen and oxygen atoms in total. The van der Waals surface area contributed by atoms with E-state index < -0.39 is 5.97 Å². The molecule has 0 radical (unpaired) electrons. The SMILES string of the molecule is O=C([O-])c1ccc(C[NH+]2CC[NH2+]CC2)o1. The lowest BCUT2D eigenvalue weighted by molar-refractivity contribution is -0.958. The molecule has 3 N–H and O–H groups in total. The third kappa shape index (κ3) is 2.57. The third-order valence-corrected chi connectivity index (χ3v) is 2.69. The number of hydrogen-bond acceptors (Lipinski definition) is 3. The number of hydrogen-bond donors (Lipinski definition) is 2. The van der Waals surface area contributed by atoms with Crippen molar-refractivity contribution in [2.75, 3.05) is 26.2 Å². The summed E-state index contributed by atoms with van der Waals surface area (Å²) in [5, 5.41) is 12.8. The van der Waals surface area contributed by atoms with E-state index in [9.17, 15) is 9.90 Å². The molecule has 0 saturated carbocycles. The van der Waals surface area contributed by atoms with Gasteiger partial charge in [-0.1, -0.05) is 0 Å². The van der Waals surface area contributed by atoms with Crippen LogP contribution in [0.25, 0.3) is 0 Å². The largest absolute Gasteiger partial charge is 0.542 e. The van der Waals surface area contributed by atoms with Gasteiger partial charge in [0.1, 0.15) is 44.5 Å². The van der Waals surface area contributed by atoms with Crippen molar-refractivity contribution in [3.8, 4) is 0 Å². The van der Waals surface area contributed by atoms with E-state index in [2.05, 4.69) is 5.32 Å². The molecule has 2 rings (SSSR count). The summed E-state index contributed by atoms with van der Waals surface area (Å²) in [4.78, 5) is 11.9. The van der Waals surface area contributed by atoms with E-state index in [1.165, 1.54) is 11.0 Å². The van der Waals surface area contributed by atoms with Gasteiger partial charge in [-0.05, 0) is 12.1 Å². The number of aromatic carboxylic acids is 1. The average Bonchev–Trinajstić information content (AvgIpc) is 2.68. The van der Waals surface area contributed by atoms with E-state index in [0.29, 0.717) is 0 Å². The standard InChI is InChI=1S/C10H14N2O3/c13-10(14)9-2-1-8(15-9)7-12-5-3-11-4-6-12/h1-2,11H,3-7H2,(H,13,14)/p+1. The number of rotatable bonds is 3. The maximum atomic E-state index is 10.5. The first-order valence-corrected chi connectivity index (χ1v) is 5.21. The molecule has 1 aromatic heterocycles. The molecule has 0 atom stereocenters. The van der Waals surface area contributed by atoms with E-state index in [1.807, 2.05) is 0 Å². The second kappa shape index (κ2) is 4.46. The van der Waals surface area contributed by atoms with Gasteiger partial charge in [-0.25, -0.2) is 0 Å². The Morgan fingerprint density at radius 3 is 2.80 bits per heavy atom. The first-order valence-electron chi connectivity index (χ1n) is 5.21. The van der Waals surface area contributed by atoms with Crippen LogP contribution in [0.2, 0.25) is 0 Å². The Kier molecular flexibility index (Phi) is 3.03. The van der Waals surface area contributed by atoms with Crippen molar-refractivity contribution in [2.45, 2.75) is 6.54 Å². The van der Waals surface area contributed by atoms with Gasteiger partial charge >= 0.3 is 0 Å². The van der Waals surface area contributed by atoms with E-state index in [-0.39, 0.29) is 5.76 Å². The number of carboxylic acids is 1. The number of piperazine rings is 1. The Labute approximate surface area is 87.7 Å². The Morgan fingerprint density at radius 1 is 1.47 bits per heavy atom. The summed E-state index contributed by atoms with van der Waals surface area (Å²) in [6.07, 6.45) is 0. The van der Waals surface area contributed by atoms with Crippen LogP contribution in [0.4, 0.5) is 0 Å². The molecule has 82 valence electrons. The highest BCUT2D eigenvalue weighted by Crippen LogP contribution is 2.05. The van der Waals surface area contributed by atoms with Gasteiger partial charge in [0, 0.05) is 0 Å². The monoisotopic (exact) mass is 211 g/mol. The second-order valence-corrected chi connectivity index (χ2v) is 3.85. The number of nitrogens with one attached hydrogen (secondary N) is 1. The van der Waals surface area contributed by atoms with Gasteiger partial charge in [-0.2, -0.15) is 0 Å². The van der Waals surface area contributed by atoms with Crippen molar-refractivity contribution in [3.63, 3.8) is 0 Å². The zero-order valence-corrected chi connectivity index (χ0v) is 8.49. The molecule has 1 aromatic rings. The molecule has 5 heteroatoms. The molecule has 1 aliphatic heterocycles. The molecule has 0 amide bonds. The Morgan fingerprint density at radius 2 is 2.20 bits per heavy atom. The van der Waals surface area contributed by atoms with Crippen LogP contribution < -0.4 is 15.3 Å². The zero-order valence-electron chi connectivity index (χ0n) is 8.49. The number of carboxylic acid groups (broad SMARTS) is 1. The van der Waals surface area contributed by atoms with E-state index >= 15 is 0 Å². The normalized spacial score (nSPS) is 17.9. The molecule has 1 saturated heterocycles. The number of carbonyl (C=O) groups excluding carboxylic acids is 1. The highest BCUT2D eigenvalue weighted by molar-refractivity contribution is 5.82. The summed E-state index contributed by atoms with van der Waals surface area (Å²) in [7, 11) is 0. The Bertz CT molecular complexity index is 342. The van der Waals surface area contributed by atoms with Crippen molar-refractivity contribution in [1.82, 2.24) is 0 Å². The smallest absolute Gasteiger partial charge is 0.159 e. The van der Waals surface area contributed by atoms with Crippen LogP contribution in [0.5, 0.6) is 0 Å². The van der Waals surface area contributed by atoms with Gasteiger partial charge in [0.05, 0.1) is 0 Å². The molecule has 1 fully saturated rings. The number of carbonyl (C=O) groups is 1. The molecule has 0 aromatic carbocycles. The summed E-state index contributed by atoms with van der Waals surface area (Å²) in [6, 6.07) is 3.18. The minimum Gasteiger partial charge on any atom is -0.542 e. The predicted molar refractivity (Wildman–Crippen MR) is 49.1 cm³/mol. The predicted octanol–water partition coefficient (Wildman–Crippen LogP) is -3.39. The fourth-order valence-corrected chi connectivity index (χ4v) is 1.89. The Hall–Kier alpha value is -1.33. The minimum absolute atomic E-state index is 0.0760. The summed E-state index contributed by atoms with van der Waals surface area (Å²) in [6.45, 7) is 5.22. The van der Waals surface area contributed by atoms with Crippen molar-refractivity contribution >= 4 is 5.97 Å². The molecule has 15 heavy (non-hydrogen) atoms. The molecule has 2 heterocycles. The quantitative estimate of drug-likeness (QED) is 0.547. The zero-order chi connectivity index (χ0) is 10.7. The highest BCUT2D eigenvalue weighted by atomic mass is 16.4. The van der Waals surface area contributed by atoms with Crippen molar-refractivity contribution in [1.29, 1.82) is 0 Å². The van der Waals surface area contributed by atoms with E-state index in [0.717, 1.165) is 38.5 Å². The maximum Gasteiger partial charge on any atom is 0.159 e. The van der Waals surface area contributed by atoms with Crippen LogP contribution in [-0.4, -0.2) is 32.1 Å². The van der Waals surface area contributed by atoms with Gasteiger partial charge in [0.25, 0.3) is 0 Å². The second-order valence-electron chi connectivity index (χ2n) is 3.85. The van der Waals surface area contributed by atoms with Gasteiger partial charge in [-0.15, -0.1) is 0 Å². The van der Waals surface area contributed by atoms with Crippen LogP contribution in [0.3, 0.4) is 0 Å².